The van der Waals surface area contributed by atoms with E-state index in [4.69, 9.17) is 4.74 Å². The van der Waals surface area contributed by atoms with E-state index in [9.17, 15) is 4.79 Å². The molecule has 0 atom stereocenters. The van der Waals surface area contributed by atoms with E-state index < -0.39 is 0 Å². The molecular formula is C23H22N2O2. The fourth-order valence-corrected chi connectivity index (χ4v) is 2.71. The van der Waals surface area contributed by atoms with E-state index in [-0.39, 0.29) is 12.5 Å². The van der Waals surface area contributed by atoms with Crippen molar-refractivity contribution in [3.63, 3.8) is 0 Å². The number of hydrogen-bond acceptors (Lipinski definition) is 3. The Balaban J connectivity index is 1.50. The summed E-state index contributed by atoms with van der Waals surface area (Å²) in [6.45, 7) is 3.90. The van der Waals surface area contributed by atoms with Gasteiger partial charge in [-0.15, -0.1) is 0 Å². The van der Waals surface area contributed by atoms with Crippen LogP contribution in [-0.4, -0.2) is 18.7 Å². The highest BCUT2D eigenvalue weighted by molar-refractivity contribution is 5.83. The zero-order chi connectivity index (χ0) is 19.1. The lowest BCUT2D eigenvalue weighted by Gasteiger charge is -2.08. The third-order valence-electron chi connectivity index (χ3n) is 4.11. The molecule has 1 amide bonds. The second-order valence-electron chi connectivity index (χ2n) is 6.34. The quantitative estimate of drug-likeness (QED) is 0.521. The highest BCUT2D eigenvalue weighted by Crippen LogP contribution is 2.19. The minimum atomic E-state index is -0.299. The van der Waals surface area contributed by atoms with Gasteiger partial charge in [0.05, 0.1) is 6.21 Å². The molecule has 0 aliphatic heterocycles. The molecule has 0 spiro atoms. The van der Waals surface area contributed by atoms with Crippen molar-refractivity contribution in [2.45, 2.75) is 13.8 Å². The Kier molecular flexibility index (Phi) is 6.00. The van der Waals surface area contributed by atoms with Crippen LogP contribution in [0.1, 0.15) is 16.7 Å². The minimum Gasteiger partial charge on any atom is -0.483 e. The first-order valence-electron chi connectivity index (χ1n) is 8.79. The fraction of sp³-hybridized carbons (Fsp3) is 0.130. The van der Waals surface area contributed by atoms with E-state index in [0.29, 0.717) is 5.75 Å². The van der Waals surface area contributed by atoms with Crippen molar-refractivity contribution in [3.8, 4) is 16.9 Å². The molecule has 0 radical (unpaired) electrons. The molecule has 3 aromatic carbocycles. The van der Waals surface area contributed by atoms with Crippen molar-refractivity contribution >= 4 is 12.1 Å². The van der Waals surface area contributed by atoms with Gasteiger partial charge < -0.3 is 4.74 Å². The number of ether oxygens (including phenoxy) is 1. The molecule has 0 saturated heterocycles. The van der Waals surface area contributed by atoms with Gasteiger partial charge in [0.2, 0.25) is 0 Å². The summed E-state index contributed by atoms with van der Waals surface area (Å²) in [5.74, 6) is 0.406. The van der Waals surface area contributed by atoms with Gasteiger partial charge in [-0.3, -0.25) is 4.79 Å². The highest BCUT2D eigenvalue weighted by atomic mass is 16.5. The van der Waals surface area contributed by atoms with Gasteiger partial charge in [-0.1, -0.05) is 72.3 Å². The van der Waals surface area contributed by atoms with Crippen molar-refractivity contribution < 1.29 is 9.53 Å². The van der Waals surface area contributed by atoms with E-state index in [1.165, 1.54) is 0 Å². The number of carbonyl (C=O) groups excluding carboxylic acids is 1. The van der Waals surface area contributed by atoms with E-state index in [0.717, 1.165) is 27.8 Å². The molecule has 4 heteroatoms. The molecule has 0 unspecified atom stereocenters. The third kappa shape index (κ3) is 5.28. The van der Waals surface area contributed by atoms with Gasteiger partial charge >= 0.3 is 0 Å². The van der Waals surface area contributed by atoms with Crippen LogP contribution in [0, 0.1) is 13.8 Å². The molecule has 4 nitrogen and oxygen atoms in total. The van der Waals surface area contributed by atoms with Crippen LogP contribution in [0.5, 0.6) is 5.75 Å². The largest absolute Gasteiger partial charge is 0.483 e. The molecule has 0 aromatic heterocycles. The van der Waals surface area contributed by atoms with Gasteiger partial charge in [-0.25, -0.2) is 5.43 Å². The molecule has 0 bridgehead atoms. The van der Waals surface area contributed by atoms with Crippen molar-refractivity contribution in [3.05, 3.63) is 89.5 Å². The van der Waals surface area contributed by atoms with E-state index in [1.54, 1.807) is 6.21 Å². The average molecular weight is 358 g/mol. The Hall–Kier alpha value is -3.40. The van der Waals surface area contributed by atoms with Crippen LogP contribution in [0.25, 0.3) is 11.1 Å². The molecule has 136 valence electrons. The van der Waals surface area contributed by atoms with Gasteiger partial charge in [0.1, 0.15) is 5.75 Å². The maximum absolute atomic E-state index is 11.9. The first kappa shape index (κ1) is 18.4. The highest BCUT2D eigenvalue weighted by Gasteiger charge is 2.04. The normalized spacial score (nSPS) is 10.7. The summed E-state index contributed by atoms with van der Waals surface area (Å²) in [5, 5.41) is 3.99. The maximum Gasteiger partial charge on any atom is 0.277 e. The lowest BCUT2D eigenvalue weighted by atomic mass is 10.0. The first-order chi connectivity index (χ1) is 13.1. The second kappa shape index (κ2) is 8.81. The topological polar surface area (TPSA) is 50.7 Å². The van der Waals surface area contributed by atoms with Crippen LogP contribution in [0.2, 0.25) is 0 Å². The van der Waals surface area contributed by atoms with E-state index >= 15 is 0 Å². The first-order valence-corrected chi connectivity index (χ1v) is 8.79. The molecule has 0 aliphatic carbocycles. The van der Waals surface area contributed by atoms with Gasteiger partial charge in [0.25, 0.3) is 5.91 Å². The number of aryl methyl sites for hydroxylation is 2. The van der Waals surface area contributed by atoms with Gasteiger partial charge in [-0.2, -0.15) is 5.10 Å². The van der Waals surface area contributed by atoms with Crippen molar-refractivity contribution in [1.29, 1.82) is 0 Å². The lowest BCUT2D eigenvalue weighted by molar-refractivity contribution is -0.123. The van der Waals surface area contributed by atoms with Crippen LogP contribution in [0.3, 0.4) is 0 Å². The second-order valence-corrected chi connectivity index (χ2v) is 6.34. The Morgan fingerprint density at radius 1 is 0.963 bits per heavy atom. The van der Waals surface area contributed by atoms with Crippen molar-refractivity contribution in [2.75, 3.05) is 6.61 Å². The smallest absolute Gasteiger partial charge is 0.277 e. The van der Waals surface area contributed by atoms with E-state index in [1.807, 2.05) is 74.5 Å². The Labute approximate surface area is 159 Å². The summed E-state index contributed by atoms with van der Waals surface area (Å²) in [7, 11) is 0. The molecule has 27 heavy (non-hydrogen) atoms. The minimum absolute atomic E-state index is 0.0752. The third-order valence-corrected chi connectivity index (χ3v) is 4.11. The van der Waals surface area contributed by atoms with Crippen LogP contribution in [0.4, 0.5) is 0 Å². The average Bonchev–Trinajstić information content (AvgIpc) is 2.68. The molecule has 0 heterocycles. The molecule has 3 aromatic rings. The predicted octanol–water partition coefficient (Wildman–Crippen LogP) is 4.50. The number of rotatable bonds is 6. The van der Waals surface area contributed by atoms with Crippen LogP contribution >= 0.6 is 0 Å². The lowest BCUT2D eigenvalue weighted by Crippen LogP contribution is -2.24. The summed E-state index contributed by atoms with van der Waals surface area (Å²) in [5.41, 5.74) is 7.86. The molecule has 0 fully saturated rings. The summed E-state index contributed by atoms with van der Waals surface area (Å²) < 4.78 is 5.54. The van der Waals surface area contributed by atoms with Crippen molar-refractivity contribution in [1.82, 2.24) is 5.43 Å². The summed E-state index contributed by atoms with van der Waals surface area (Å²) in [4.78, 5) is 11.9. The fourth-order valence-electron chi connectivity index (χ4n) is 2.71. The summed E-state index contributed by atoms with van der Waals surface area (Å²) >= 11 is 0. The number of carbonyl (C=O) groups is 1. The monoisotopic (exact) mass is 358 g/mol. The summed E-state index contributed by atoms with van der Waals surface area (Å²) in [6, 6.07) is 24.0. The maximum atomic E-state index is 11.9. The number of hydrazone groups is 1. The Morgan fingerprint density at radius 3 is 2.37 bits per heavy atom. The van der Waals surface area contributed by atoms with Crippen LogP contribution in [-0.2, 0) is 4.79 Å². The number of amides is 1. The number of nitrogens with one attached hydrogen (secondary N) is 1. The van der Waals surface area contributed by atoms with Crippen LogP contribution in [0.15, 0.2) is 77.9 Å². The molecule has 0 saturated carbocycles. The van der Waals surface area contributed by atoms with Crippen LogP contribution < -0.4 is 10.2 Å². The molecule has 0 aliphatic rings. The van der Waals surface area contributed by atoms with E-state index in [2.05, 4.69) is 22.7 Å². The SMILES string of the molecule is Cc1ccc(OCC(=O)N/N=C/c2ccc(-c3ccccc3)cc2)c(C)c1. The van der Waals surface area contributed by atoms with Gasteiger partial charge in [0.15, 0.2) is 6.61 Å². The number of nitrogens with zero attached hydrogens (tertiary/aromatic N) is 1. The zero-order valence-electron chi connectivity index (χ0n) is 15.5. The summed E-state index contributed by atoms with van der Waals surface area (Å²) in [6.07, 6.45) is 1.61. The molecule has 3 rings (SSSR count). The Morgan fingerprint density at radius 2 is 1.67 bits per heavy atom. The number of hydrogen-bond donors (Lipinski definition) is 1. The number of benzene rings is 3. The van der Waals surface area contributed by atoms with Gasteiger partial charge in [0, 0.05) is 0 Å². The molecular weight excluding hydrogens is 336 g/mol. The van der Waals surface area contributed by atoms with Gasteiger partial charge in [-0.05, 0) is 42.2 Å². The predicted molar refractivity (Wildman–Crippen MR) is 109 cm³/mol. The molecule has 1 N–H and O–H groups in total. The Bertz CT molecular complexity index is 932. The zero-order valence-corrected chi connectivity index (χ0v) is 15.5. The van der Waals surface area contributed by atoms with Crippen molar-refractivity contribution in [2.24, 2.45) is 5.10 Å². The standard InChI is InChI=1S/C23H22N2O2/c1-17-8-13-22(18(2)14-17)27-16-23(26)25-24-15-19-9-11-21(12-10-19)20-6-4-3-5-7-20/h3-15H,16H2,1-2H3,(H,25,26)/b24-15+.